The Morgan fingerprint density at radius 2 is 2.11 bits per heavy atom. The fourth-order valence-corrected chi connectivity index (χ4v) is 3.58. The maximum absolute atomic E-state index is 5.95. The highest BCUT2D eigenvalue weighted by atomic mass is 16.5. The smallest absolute Gasteiger partial charge is 0.0882 e. The third-order valence-corrected chi connectivity index (χ3v) is 4.92. The molecule has 1 unspecified atom stereocenters. The van der Waals surface area contributed by atoms with Crippen LogP contribution < -0.4 is 11.3 Å². The van der Waals surface area contributed by atoms with Crippen molar-refractivity contribution in [2.45, 2.75) is 69.9 Å². The van der Waals surface area contributed by atoms with Gasteiger partial charge >= 0.3 is 0 Å². The molecule has 1 atom stereocenters. The highest BCUT2D eigenvalue weighted by Crippen LogP contribution is 2.40. The number of hydrogen-bond acceptors (Lipinski definition) is 3. The van der Waals surface area contributed by atoms with E-state index in [1.165, 1.54) is 44.1 Å². The van der Waals surface area contributed by atoms with Crippen molar-refractivity contribution in [1.82, 2.24) is 5.43 Å². The number of allylic oxidation sites excluding steroid dienone is 1. The molecule has 1 saturated carbocycles. The van der Waals surface area contributed by atoms with Crippen molar-refractivity contribution in [2.24, 2.45) is 11.8 Å². The summed E-state index contributed by atoms with van der Waals surface area (Å²) < 4.78 is 5.95. The number of nitrogens with two attached hydrogens (primary N) is 1. The fourth-order valence-electron chi connectivity index (χ4n) is 3.58. The number of methoxy groups -OCH3 is 1. The van der Waals surface area contributed by atoms with Gasteiger partial charge in [-0.2, -0.15) is 0 Å². The van der Waals surface area contributed by atoms with Gasteiger partial charge < -0.3 is 4.74 Å². The first-order valence-corrected chi connectivity index (χ1v) is 7.42. The van der Waals surface area contributed by atoms with Gasteiger partial charge in [0.25, 0.3) is 0 Å². The normalized spacial score (nSPS) is 35.1. The fraction of sp³-hybridized carbons (Fsp3) is 0.867. The zero-order valence-electron chi connectivity index (χ0n) is 11.9. The number of hydrazine groups is 1. The minimum absolute atomic E-state index is 0.0789. The molecule has 0 amide bonds. The Hall–Kier alpha value is -0.380. The number of hydrogen-bond donors (Lipinski definition) is 2. The molecule has 3 N–H and O–H groups in total. The minimum atomic E-state index is -0.0789. The van der Waals surface area contributed by atoms with Crippen LogP contribution in [-0.2, 0) is 4.74 Å². The van der Waals surface area contributed by atoms with Crippen LogP contribution in [0.1, 0.15) is 58.3 Å². The number of ether oxygens (including phenoxy) is 1. The van der Waals surface area contributed by atoms with E-state index in [2.05, 4.69) is 18.4 Å². The van der Waals surface area contributed by atoms with Crippen molar-refractivity contribution in [3.8, 4) is 0 Å². The van der Waals surface area contributed by atoms with Crippen LogP contribution in [0.3, 0.4) is 0 Å². The van der Waals surface area contributed by atoms with Crippen molar-refractivity contribution < 1.29 is 4.74 Å². The molecule has 0 heterocycles. The Labute approximate surface area is 111 Å². The maximum Gasteiger partial charge on any atom is 0.0882 e. The lowest BCUT2D eigenvalue weighted by molar-refractivity contribution is -0.0671. The Balaban J connectivity index is 2.15. The molecular weight excluding hydrogens is 224 g/mol. The summed E-state index contributed by atoms with van der Waals surface area (Å²) in [4.78, 5) is 0. The van der Waals surface area contributed by atoms with Crippen LogP contribution in [0.25, 0.3) is 0 Å². The highest BCUT2D eigenvalue weighted by Gasteiger charge is 2.42. The van der Waals surface area contributed by atoms with Crippen molar-refractivity contribution in [2.75, 3.05) is 7.11 Å². The second-order valence-electron chi connectivity index (χ2n) is 6.08. The van der Waals surface area contributed by atoms with Gasteiger partial charge in [-0.05, 0) is 57.3 Å². The molecule has 0 radical (unpaired) electrons. The first-order chi connectivity index (χ1) is 8.72. The molecule has 18 heavy (non-hydrogen) atoms. The molecule has 104 valence electrons. The average molecular weight is 252 g/mol. The van der Waals surface area contributed by atoms with Crippen molar-refractivity contribution in [3.05, 3.63) is 11.6 Å². The van der Waals surface area contributed by atoms with Crippen molar-refractivity contribution in [3.63, 3.8) is 0 Å². The first kappa shape index (κ1) is 14.0. The molecule has 0 saturated heterocycles. The summed E-state index contributed by atoms with van der Waals surface area (Å²) in [6.07, 6.45) is 12.1. The van der Waals surface area contributed by atoms with Crippen LogP contribution in [0, 0.1) is 5.92 Å². The van der Waals surface area contributed by atoms with Gasteiger partial charge in [0.2, 0.25) is 0 Å². The Morgan fingerprint density at radius 3 is 2.61 bits per heavy atom. The second kappa shape index (κ2) is 6.18. The molecule has 2 aliphatic carbocycles. The van der Waals surface area contributed by atoms with E-state index >= 15 is 0 Å². The largest absolute Gasteiger partial charge is 0.376 e. The van der Waals surface area contributed by atoms with Crippen LogP contribution in [-0.4, -0.2) is 18.8 Å². The summed E-state index contributed by atoms with van der Waals surface area (Å²) in [6, 6.07) is 0.204. The molecule has 1 fully saturated rings. The molecule has 0 bridgehead atoms. The van der Waals surface area contributed by atoms with Gasteiger partial charge in [0.05, 0.1) is 11.6 Å². The Bertz CT molecular complexity index is 293. The molecule has 0 aromatic rings. The van der Waals surface area contributed by atoms with Gasteiger partial charge in [0.1, 0.15) is 0 Å². The SMILES string of the molecule is COC1(C(NN)C2=CCCCC2)CCC(C)CC1. The van der Waals surface area contributed by atoms with E-state index in [-0.39, 0.29) is 11.6 Å². The van der Waals surface area contributed by atoms with Gasteiger partial charge in [-0.3, -0.25) is 11.3 Å². The molecule has 0 aromatic carbocycles. The lowest BCUT2D eigenvalue weighted by Gasteiger charge is -2.45. The summed E-state index contributed by atoms with van der Waals surface area (Å²) in [6.45, 7) is 2.34. The van der Waals surface area contributed by atoms with E-state index in [1.807, 2.05) is 7.11 Å². The van der Waals surface area contributed by atoms with Gasteiger partial charge in [-0.25, -0.2) is 0 Å². The lowest BCUT2D eigenvalue weighted by atomic mass is 9.72. The van der Waals surface area contributed by atoms with Gasteiger partial charge in [0.15, 0.2) is 0 Å². The molecule has 0 aliphatic heterocycles. The summed E-state index contributed by atoms with van der Waals surface area (Å²) >= 11 is 0. The summed E-state index contributed by atoms with van der Waals surface area (Å²) in [5.74, 6) is 6.68. The number of nitrogens with one attached hydrogen (secondary N) is 1. The third-order valence-electron chi connectivity index (χ3n) is 4.92. The van der Waals surface area contributed by atoms with Crippen LogP contribution >= 0.6 is 0 Å². The van der Waals surface area contributed by atoms with E-state index in [0.29, 0.717) is 0 Å². The predicted octanol–water partition coefficient (Wildman–Crippen LogP) is 2.91. The standard InChI is InChI=1S/C15H28N2O/c1-12-8-10-15(18-2,11-9-12)14(17-16)13-6-4-3-5-7-13/h6,12,14,17H,3-5,7-11,16H2,1-2H3. The highest BCUT2D eigenvalue weighted by molar-refractivity contribution is 5.19. The van der Waals surface area contributed by atoms with Crippen LogP contribution in [0.4, 0.5) is 0 Å². The zero-order chi connectivity index (χ0) is 13.0. The summed E-state index contributed by atoms with van der Waals surface area (Å²) in [7, 11) is 1.85. The second-order valence-corrected chi connectivity index (χ2v) is 6.08. The van der Waals surface area contributed by atoms with E-state index in [0.717, 1.165) is 18.8 Å². The van der Waals surface area contributed by atoms with Gasteiger partial charge in [-0.1, -0.05) is 18.6 Å². The molecule has 2 aliphatic rings. The molecular formula is C15H28N2O. The molecule has 3 nitrogen and oxygen atoms in total. The van der Waals surface area contributed by atoms with Crippen LogP contribution in [0.2, 0.25) is 0 Å². The molecule has 2 rings (SSSR count). The van der Waals surface area contributed by atoms with Crippen molar-refractivity contribution >= 4 is 0 Å². The van der Waals surface area contributed by atoms with E-state index in [4.69, 9.17) is 10.6 Å². The first-order valence-electron chi connectivity index (χ1n) is 7.42. The maximum atomic E-state index is 5.95. The predicted molar refractivity (Wildman–Crippen MR) is 75.0 cm³/mol. The minimum Gasteiger partial charge on any atom is -0.376 e. The third kappa shape index (κ3) is 2.79. The lowest BCUT2D eigenvalue weighted by Crippen LogP contribution is -2.57. The molecule has 0 aromatic heterocycles. The summed E-state index contributed by atoms with van der Waals surface area (Å²) in [5.41, 5.74) is 4.45. The van der Waals surface area contributed by atoms with Gasteiger partial charge in [-0.15, -0.1) is 0 Å². The van der Waals surface area contributed by atoms with E-state index < -0.39 is 0 Å². The monoisotopic (exact) mass is 252 g/mol. The van der Waals surface area contributed by atoms with Crippen LogP contribution in [0.15, 0.2) is 11.6 Å². The average Bonchev–Trinajstić information content (AvgIpc) is 2.43. The van der Waals surface area contributed by atoms with Gasteiger partial charge in [0, 0.05) is 7.11 Å². The zero-order valence-corrected chi connectivity index (χ0v) is 11.9. The quantitative estimate of drug-likeness (QED) is 0.459. The van der Waals surface area contributed by atoms with Crippen molar-refractivity contribution in [1.29, 1.82) is 0 Å². The Morgan fingerprint density at radius 1 is 1.39 bits per heavy atom. The molecule has 0 spiro atoms. The number of rotatable bonds is 4. The van der Waals surface area contributed by atoms with E-state index in [9.17, 15) is 0 Å². The van der Waals surface area contributed by atoms with E-state index in [1.54, 1.807) is 0 Å². The summed E-state index contributed by atoms with van der Waals surface area (Å²) in [5, 5.41) is 0. The van der Waals surface area contributed by atoms with Crippen LogP contribution in [0.5, 0.6) is 0 Å². The topological polar surface area (TPSA) is 47.3 Å². The molecule has 3 heteroatoms. The Kier molecular flexibility index (Phi) is 4.82.